The van der Waals surface area contributed by atoms with Crippen LogP contribution in [0, 0.1) is 0 Å². The Morgan fingerprint density at radius 1 is 1.03 bits per heavy atom. The normalized spacial score (nSPS) is 17.7. The molecule has 1 atom stereocenters. The van der Waals surface area contributed by atoms with Gasteiger partial charge in [-0.1, -0.05) is 67.2 Å². The summed E-state index contributed by atoms with van der Waals surface area (Å²) < 4.78 is 6.70. The molecule has 1 amide bonds. The lowest BCUT2D eigenvalue weighted by Crippen LogP contribution is -2.46. The van der Waals surface area contributed by atoms with Crippen molar-refractivity contribution in [2.24, 2.45) is 0 Å². The van der Waals surface area contributed by atoms with Crippen LogP contribution in [0.5, 0.6) is 0 Å². The summed E-state index contributed by atoms with van der Waals surface area (Å²) in [4.78, 5) is 20.1. The van der Waals surface area contributed by atoms with Crippen molar-refractivity contribution in [2.75, 3.05) is 6.61 Å². The Morgan fingerprint density at radius 2 is 1.74 bits per heavy atom. The summed E-state index contributed by atoms with van der Waals surface area (Å²) in [6.45, 7) is 6.24. The van der Waals surface area contributed by atoms with Crippen LogP contribution in [-0.2, 0) is 22.6 Å². The number of rotatable bonds is 9. The summed E-state index contributed by atoms with van der Waals surface area (Å²) in [6, 6.07) is 16.5. The molecule has 1 aliphatic rings. The number of unbranched alkanes of at least 4 members (excludes halogenated alkanes) is 2. The Bertz CT molecular complexity index is 1190. The first-order valence-electron chi connectivity index (χ1n) is 11.9. The molecule has 7 heteroatoms. The molecule has 3 aromatic rings. The third-order valence-electron chi connectivity index (χ3n) is 6.35. The monoisotopic (exact) mass is 512 g/mol. The Hall–Kier alpha value is -2.44. The van der Waals surface area contributed by atoms with E-state index in [0.29, 0.717) is 33.5 Å². The van der Waals surface area contributed by atoms with E-state index in [-0.39, 0.29) is 12.5 Å². The lowest BCUT2D eigenvalue weighted by atomic mass is 9.89. The molecule has 0 fully saturated rings. The molecule has 5 nitrogen and oxygen atoms in total. The smallest absolute Gasteiger partial charge is 0.257 e. The van der Waals surface area contributed by atoms with E-state index in [0.717, 1.165) is 30.4 Å². The maximum atomic E-state index is 14.0. The topological polar surface area (TPSA) is 62.7 Å². The van der Waals surface area contributed by atoms with E-state index in [1.54, 1.807) is 49.2 Å². The molecule has 2 heterocycles. The largest absolute Gasteiger partial charge is 0.386 e. The number of ether oxygens (including phenoxy) is 1. The van der Waals surface area contributed by atoms with Crippen LogP contribution in [-0.4, -0.2) is 27.5 Å². The number of carbonyl (C=O) groups is 1. The highest BCUT2D eigenvalue weighted by Crippen LogP contribution is 2.47. The summed E-state index contributed by atoms with van der Waals surface area (Å²) in [7, 11) is 0. The van der Waals surface area contributed by atoms with Crippen LogP contribution >= 0.6 is 23.2 Å². The van der Waals surface area contributed by atoms with Crippen LogP contribution in [0.4, 0.5) is 0 Å². The van der Waals surface area contributed by atoms with Gasteiger partial charge >= 0.3 is 0 Å². The van der Waals surface area contributed by atoms with Crippen LogP contribution in [0.3, 0.4) is 0 Å². The van der Waals surface area contributed by atoms with Crippen LogP contribution < -0.4 is 0 Å². The lowest BCUT2D eigenvalue weighted by Gasteiger charge is -2.39. The first-order chi connectivity index (χ1) is 16.7. The molecule has 1 N–H and O–H groups in total. The fraction of sp³-hybridized carbons (Fsp3) is 0.357. The molecule has 0 saturated heterocycles. The van der Waals surface area contributed by atoms with E-state index in [4.69, 9.17) is 27.9 Å². The maximum Gasteiger partial charge on any atom is 0.257 e. The minimum absolute atomic E-state index is 0.187. The Labute approximate surface area is 216 Å². The van der Waals surface area contributed by atoms with Crippen LogP contribution in [0.2, 0.25) is 10.0 Å². The molecule has 0 bridgehead atoms. The van der Waals surface area contributed by atoms with Gasteiger partial charge in [-0.2, -0.15) is 0 Å². The van der Waals surface area contributed by atoms with Gasteiger partial charge in [-0.05, 0) is 56.2 Å². The second kappa shape index (κ2) is 10.3. The molecule has 0 radical (unpaired) electrons. The predicted molar refractivity (Wildman–Crippen MR) is 139 cm³/mol. The standard InChI is InChI=1S/C28H30Cl2N2O3/c1-4-5-6-15-35-28(19-7-10-21(29)11-8-19)25-14-9-20(27(2,3)34)16-24(25)26(33)32(28)18-23-13-12-22(30)17-31-23/h7-14,16-17,34H,4-6,15,18H2,1-3H3. The fourth-order valence-corrected chi connectivity index (χ4v) is 4.71. The highest BCUT2D eigenvalue weighted by atomic mass is 35.5. The first-order valence-corrected chi connectivity index (χ1v) is 12.6. The molecule has 1 aromatic heterocycles. The number of aliphatic hydroxyl groups is 1. The molecule has 35 heavy (non-hydrogen) atoms. The molecule has 0 spiro atoms. The van der Waals surface area contributed by atoms with Gasteiger partial charge in [0.25, 0.3) is 5.91 Å². The number of nitrogens with zero attached hydrogens (tertiary/aromatic N) is 2. The molecule has 1 unspecified atom stereocenters. The van der Waals surface area contributed by atoms with Gasteiger partial charge in [-0.25, -0.2) is 0 Å². The zero-order valence-electron chi connectivity index (χ0n) is 20.2. The quantitative estimate of drug-likeness (QED) is 0.324. The van der Waals surface area contributed by atoms with Crippen LogP contribution in [0.1, 0.15) is 72.8 Å². The summed E-state index contributed by atoms with van der Waals surface area (Å²) in [6.07, 6.45) is 4.52. The second-order valence-corrected chi connectivity index (χ2v) is 10.3. The number of benzene rings is 2. The van der Waals surface area contributed by atoms with Gasteiger partial charge in [-0.3, -0.25) is 14.7 Å². The number of hydrogen-bond acceptors (Lipinski definition) is 4. The minimum Gasteiger partial charge on any atom is -0.386 e. The second-order valence-electron chi connectivity index (χ2n) is 9.38. The third-order valence-corrected chi connectivity index (χ3v) is 6.83. The Balaban J connectivity index is 1.90. The van der Waals surface area contributed by atoms with Crippen molar-refractivity contribution in [3.05, 3.63) is 98.8 Å². The molecule has 1 aliphatic heterocycles. The molecule has 0 aliphatic carbocycles. The molecule has 0 saturated carbocycles. The van der Waals surface area contributed by atoms with Crippen molar-refractivity contribution in [2.45, 2.75) is 57.9 Å². The van der Waals surface area contributed by atoms with Gasteiger partial charge in [0, 0.05) is 27.9 Å². The third kappa shape index (κ3) is 5.10. The number of fused-ring (bicyclic) bond motifs is 1. The first kappa shape index (κ1) is 25.6. The summed E-state index contributed by atoms with van der Waals surface area (Å²) >= 11 is 12.3. The van der Waals surface area contributed by atoms with Crippen LogP contribution in [0.25, 0.3) is 0 Å². The number of hydrogen-bond donors (Lipinski definition) is 1. The Morgan fingerprint density at radius 3 is 2.37 bits per heavy atom. The van der Waals surface area contributed by atoms with E-state index < -0.39 is 11.3 Å². The predicted octanol–water partition coefficient (Wildman–Crippen LogP) is 6.68. The summed E-state index contributed by atoms with van der Waals surface area (Å²) in [5.41, 5.74) is 1.14. The molecule has 2 aromatic carbocycles. The van der Waals surface area contributed by atoms with Gasteiger partial charge in [0.1, 0.15) is 0 Å². The number of amides is 1. The average molecular weight is 513 g/mol. The van der Waals surface area contributed by atoms with Gasteiger partial charge in [0.15, 0.2) is 5.72 Å². The summed E-state index contributed by atoms with van der Waals surface area (Å²) in [5.74, 6) is -0.187. The van der Waals surface area contributed by atoms with Gasteiger partial charge in [0.05, 0.1) is 29.5 Å². The molecular weight excluding hydrogens is 483 g/mol. The van der Waals surface area contributed by atoms with E-state index >= 15 is 0 Å². The van der Waals surface area contributed by atoms with Crippen molar-refractivity contribution in [1.82, 2.24) is 9.88 Å². The van der Waals surface area contributed by atoms with Crippen molar-refractivity contribution in [3.8, 4) is 0 Å². The zero-order chi connectivity index (χ0) is 25.2. The lowest BCUT2D eigenvalue weighted by molar-refractivity contribution is -0.112. The van der Waals surface area contributed by atoms with E-state index in [1.807, 2.05) is 30.3 Å². The molecule has 184 valence electrons. The molecular formula is C28H30Cl2N2O3. The van der Waals surface area contributed by atoms with Crippen molar-refractivity contribution < 1.29 is 14.6 Å². The number of pyridine rings is 1. The van der Waals surface area contributed by atoms with Crippen molar-refractivity contribution in [1.29, 1.82) is 0 Å². The zero-order valence-corrected chi connectivity index (χ0v) is 21.7. The average Bonchev–Trinajstić information content (AvgIpc) is 3.06. The molecule has 4 rings (SSSR count). The Kier molecular flexibility index (Phi) is 7.53. The highest BCUT2D eigenvalue weighted by molar-refractivity contribution is 6.30. The van der Waals surface area contributed by atoms with E-state index in [9.17, 15) is 9.90 Å². The fourth-order valence-electron chi connectivity index (χ4n) is 4.47. The van der Waals surface area contributed by atoms with E-state index in [1.165, 1.54) is 0 Å². The summed E-state index contributed by atoms with van der Waals surface area (Å²) in [5, 5.41) is 11.7. The maximum absolute atomic E-state index is 14.0. The number of aromatic nitrogens is 1. The number of carbonyl (C=O) groups excluding carboxylic acids is 1. The highest BCUT2D eigenvalue weighted by Gasteiger charge is 2.52. The SMILES string of the molecule is CCCCCOC1(c2ccc(Cl)cc2)c2ccc(C(C)(C)O)cc2C(=O)N1Cc1ccc(Cl)cn1. The van der Waals surface area contributed by atoms with Crippen molar-refractivity contribution >= 4 is 29.1 Å². The van der Waals surface area contributed by atoms with Crippen molar-refractivity contribution in [3.63, 3.8) is 0 Å². The number of halogens is 2. The van der Waals surface area contributed by atoms with Gasteiger partial charge in [0.2, 0.25) is 0 Å². The van der Waals surface area contributed by atoms with Crippen LogP contribution in [0.15, 0.2) is 60.8 Å². The van der Waals surface area contributed by atoms with E-state index in [2.05, 4.69) is 11.9 Å². The van der Waals surface area contributed by atoms with Gasteiger partial charge < -0.3 is 9.84 Å². The minimum atomic E-state index is -1.16. The van der Waals surface area contributed by atoms with Gasteiger partial charge in [-0.15, -0.1) is 0 Å².